The fourth-order valence-corrected chi connectivity index (χ4v) is 4.19. The molecule has 2 heterocycles. The number of carbonyl (C=O) groups is 2. The number of hydrogen-bond donors (Lipinski definition) is 0. The molecule has 1 saturated heterocycles. The molecule has 7 heteroatoms. The van der Waals surface area contributed by atoms with Crippen LogP contribution in [0.3, 0.4) is 0 Å². The first kappa shape index (κ1) is 23.0. The maximum absolute atomic E-state index is 14.6. The van der Waals surface area contributed by atoms with Gasteiger partial charge in [0.15, 0.2) is 0 Å². The molecule has 2 aliphatic heterocycles. The molecule has 0 aliphatic carbocycles. The number of halogens is 1. The van der Waals surface area contributed by atoms with Crippen LogP contribution in [-0.4, -0.2) is 60.9 Å². The van der Waals surface area contributed by atoms with Gasteiger partial charge in [-0.15, -0.1) is 0 Å². The number of ether oxygens (including phenoxy) is 1. The summed E-state index contributed by atoms with van der Waals surface area (Å²) in [5, 5.41) is 0. The Morgan fingerprint density at radius 3 is 2.21 bits per heavy atom. The van der Waals surface area contributed by atoms with E-state index < -0.39 is 17.6 Å². The minimum Gasteiger partial charge on any atom is -0.493 e. The summed E-state index contributed by atoms with van der Waals surface area (Å²) in [7, 11) is 0. The molecule has 2 aromatic carbocycles. The largest absolute Gasteiger partial charge is 0.493 e. The molecule has 2 aromatic rings. The standard InChI is InChI=1S/C26H30FN3O3/c1-4-28-13-15-29(16-14-28)24-23(19-9-11-20(12-10-19)33-17-18(2)3)25(31)30(26(24)32)22-8-6-5-7-21(22)27/h5-12,18H,4,13-17H2,1-3H3. The number of carbonyl (C=O) groups excluding carboxylic acids is 2. The van der Waals surface area contributed by atoms with E-state index in [-0.39, 0.29) is 5.69 Å². The Bertz CT molecular complexity index is 1060. The SMILES string of the molecule is CCN1CCN(C2=C(c3ccc(OCC(C)C)cc3)C(=O)N(c3ccccc3F)C2=O)CC1. The molecular formula is C26H30FN3O3. The van der Waals surface area contributed by atoms with Crippen molar-refractivity contribution in [2.45, 2.75) is 20.8 Å². The first-order valence-corrected chi connectivity index (χ1v) is 11.5. The van der Waals surface area contributed by atoms with Crippen LogP contribution in [0, 0.1) is 11.7 Å². The molecule has 6 nitrogen and oxygen atoms in total. The Balaban J connectivity index is 1.72. The number of hydrogen-bond acceptors (Lipinski definition) is 5. The van der Waals surface area contributed by atoms with Crippen LogP contribution >= 0.6 is 0 Å². The molecule has 0 radical (unpaired) electrons. The number of para-hydroxylation sites is 1. The highest BCUT2D eigenvalue weighted by molar-refractivity contribution is 6.45. The highest BCUT2D eigenvalue weighted by Crippen LogP contribution is 2.36. The fraction of sp³-hybridized carbons (Fsp3) is 0.385. The number of likely N-dealkylation sites (N-methyl/N-ethyl adjacent to an activating group) is 1. The molecule has 33 heavy (non-hydrogen) atoms. The van der Waals surface area contributed by atoms with Crippen LogP contribution in [0.2, 0.25) is 0 Å². The van der Waals surface area contributed by atoms with E-state index in [0.29, 0.717) is 48.2 Å². The first-order chi connectivity index (χ1) is 15.9. The second kappa shape index (κ2) is 9.75. The normalized spacial score (nSPS) is 17.5. The topological polar surface area (TPSA) is 53.1 Å². The van der Waals surface area contributed by atoms with Gasteiger partial charge in [-0.1, -0.05) is 45.0 Å². The van der Waals surface area contributed by atoms with Gasteiger partial charge >= 0.3 is 0 Å². The van der Waals surface area contributed by atoms with Crippen molar-refractivity contribution >= 4 is 23.1 Å². The van der Waals surface area contributed by atoms with Gasteiger partial charge in [-0.3, -0.25) is 9.59 Å². The van der Waals surface area contributed by atoms with E-state index in [1.807, 2.05) is 4.90 Å². The molecule has 0 bridgehead atoms. The number of benzene rings is 2. The van der Waals surface area contributed by atoms with E-state index in [1.165, 1.54) is 12.1 Å². The van der Waals surface area contributed by atoms with Crippen LogP contribution in [0.1, 0.15) is 26.3 Å². The van der Waals surface area contributed by atoms with Crippen molar-refractivity contribution in [1.82, 2.24) is 9.80 Å². The number of rotatable bonds is 7. The second-order valence-corrected chi connectivity index (χ2v) is 8.77. The zero-order valence-corrected chi connectivity index (χ0v) is 19.4. The Morgan fingerprint density at radius 1 is 0.939 bits per heavy atom. The Kier molecular flexibility index (Phi) is 6.79. The lowest BCUT2D eigenvalue weighted by Gasteiger charge is -2.36. The van der Waals surface area contributed by atoms with Gasteiger partial charge in [-0.2, -0.15) is 0 Å². The van der Waals surface area contributed by atoms with Crippen molar-refractivity contribution < 1.29 is 18.7 Å². The molecule has 0 unspecified atom stereocenters. The van der Waals surface area contributed by atoms with Gasteiger partial charge in [0.25, 0.3) is 11.8 Å². The smallest absolute Gasteiger partial charge is 0.282 e. The van der Waals surface area contributed by atoms with Crippen LogP contribution in [0.25, 0.3) is 5.57 Å². The summed E-state index contributed by atoms with van der Waals surface area (Å²) in [4.78, 5) is 32.3. The van der Waals surface area contributed by atoms with E-state index >= 15 is 0 Å². The van der Waals surface area contributed by atoms with Crippen molar-refractivity contribution in [3.8, 4) is 5.75 Å². The maximum Gasteiger partial charge on any atom is 0.282 e. The van der Waals surface area contributed by atoms with Crippen molar-refractivity contribution in [1.29, 1.82) is 0 Å². The fourth-order valence-electron chi connectivity index (χ4n) is 4.19. The molecule has 0 spiro atoms. The Hall–Kier alpha value is -3.19. The molecule has 0 N–H and O–H groups in total. The minimum atomic E-state index is -0.604. The van der Waals surface area contributed by atoms with Gasteiger partial charge in [0.1, 0.15) is 17.3 Å². The third-order valence-electron chi connectivity index (χ3n) is 6.01. The molecule has 4 rings (SSSR count). The van der Waals surface area contributed by atoms with Crippen molar-refractivity contribution in [3.63, 3.8) is 0 Å². The highest BCUT2D eigenvalue weighted by atomic mass is 19.1. The van der Waals surface area contributed by atoms with Crippen LogP contribution in [0.5, 0.6) is 5.75 Å². The number of piperazine rings is 1. The minimum absolute atomic E-state index is 0.0240. The third-order valence-corrected chi connectivity index (χ3v) is 6.01. The lowest BCUT2D eigenvalue weighted by Crippen LogP contribution is -2.47. The van der Waals surface area contributed by atoms with Crippen LogP contribution in [-0.2, 0) is 9.59 Å². The third kappa shape index (κ3) is 4.64. The predicted molar refractivity (Wildman–Crippen MR) is 126 cm³/mol. The van der Waals surface area contributed by atoms with Crippen LogP contribution < -0.4 is 9.64 Å². The molecule has 2 aliphatic rings. The zero-order valence-electron chi connectivity index (χ0n) is 19.4. The molecule has 174 valence electrons. The summed E-state index contributed by atoms with van der Waals surface area (Å²) in [6.07, 6.45) is 0. The Labute approximate surface area is 194 Å². The van der Waals surface area contributed by atoms with Crippen molar-refractivity contribution in [2.75, 3.05) is 44.2 Å². The molecule has 2 amide bonds. The van der Waals surface area contributed by atoms with Gasteiger partial charge < -0.3 is 14.5 Å². The molecule has 1 fully saturated rings. The van der Waals surface area contributed by atoms with Gasteiger partial charge in [-0.25, -0.2) is 9.29 Å². The van der Waals surface area contributed by atoms with E-state index in [2.05, 4.69) is 25.7 Å². The highest BCUT2D eigenvalue weighted by Gasteiger charge is 2.43. The number of nitrogens with zero attached hydrogens (tertiary/aromatic N) is 3. The van der Waals surface area contributed by atoms with Crippen LogP contribution in [0.4, 0.5) is 10.1 Å². The summed E-state index contributed by atoms with van der Waals surface area (Å²) in [6, 6.07) is 13.1. The summed E-state index contributed by atoms with van der Waals surface area (Å²) >= 11 is 0. The zero-order chi connectivity index (χ0) is 23.5. The van der Waals surface area contributed by atoms with Crippen LogP contribution in [0.15, 0.2) is 54.2 Å². The number of imide groups is 1. The first-order valence-electron chi connectivity index (χ1n) is 11.5. The summed E-state index contributed by atoms with van der Waals surface area (Å²) in [5.74, 6) is -0.495. The molecule has 0 atom stereocenters. The average molecular weight is 452 g/mol. The Morgan fingerprint density at radius 2 is 1.61 bits per heavy atom. The number of anilines is 1. The average Bonchev–Trinajstić information content (AvgIpc) is 3.08. The van der Waals surface area contributed by atoms with Crippen molar-refractivity contribution in [3.05, 3.63) is 65.6 Å². The van der Waals surface area contributed by atoms with Gasteiger partial charge in [0, 0.05) is 26.2 Å². The molecule has 0 aromatic heterocycles. The van der Waals surface area contributed by atoms with Crippen molar-refractivity contribution in [2.24, 2.45) is 5.92 Å². The number of amides is 2. The summed E-state index contributed by atoms with van der Waals surface area (Å²) in [5.41, 5.74) is 1.25. The van der Waals surface area contributed by atoms with Gasteiger partial charge in [0.2, 0.25) is 0 Å². The van der Waals surface area contributed by atoms with E-state index in [9.17, 15) is 14.0 Å². The van der Waals surface area contributed by atoms with E-state index in [0.717, 1.165) is 24.5 Å². The predicted octanol–water partition coefficient (Wildman–Crippen LogP) is 3.78. The maximum atomic E-state index is 14.6. The lowest BCUT2D eigenvalue weighted by molar-refractivity contribution is -0.120. The molecular weight excluding hydrogens is 421 g/mol. The van der Waals surface area contributed by atoms with Gasteiger partial charge in [0.05, 0.1) is 17.9 Å². The molecule has 0 saturated carbocycles. The second-order valence-electron chi connectivity index (χ2n) is 8.77. The summed E-state index contributed by atoms with van der Waals surface area (Å²) in [6.45, 7) is 10.6. The lowest BCUT2D eigenvalue weighted by atomic mass is 10.0. The van der Waals surface area contributed by atoms with Gasteiger partial charge in [-0.05, 0) is 42.3 Å². The monoisotopic (exact) mass is 451 g/mol. The quantitative estimate of drug-likeness (QED) is 0.600. The van der Waals surface area contributed by atoms with E-state index in [1.54, 1.807) is 36.4 Å². The summed E-state index contributed by atoms with van der Waals surface area (Å²) < 4.78 is 20.3. The van der Waals surface area contributed by atoms with E-state index in [4.69, 9.17) is 4.74 Å².